The molecule has 18 heavy (non-hydrogen) atoms. The second kappa shape index (κ2) is 6.21. The van der Waals surface area contributed by atoms with Crippen molar-refractivity contribution in [2.45, 2.75) is 57.8 Å². The Morgan fingerprint density at radius 3 is 2.78 bits per heavy atom. The van der Waals surface area contributed by atoms with Gasteiger partial charge in [-0.1, -0.05) is 30.5 Å². The molecule has 0 aromatic heterocycles. The third-order valence-corrected chi connectivity index (χ3v) is 3.58. The Kier molecular flexibility index (Phi) is 4.61. The summed E-state index contributed by atoms with van der Waals surface area (Å²) in [6.07, 6.45) is 4.51. The van der Waals surface area contributed by atoms with E-state index < -0.39 is 0 Å². The monoisotopic (exact) mass is 250 g/mol. The summed E-state index contributed by atoms with van der Waals surface area (Å²) >= 11 is 0. The molecule has 3 nitrogen and oxygen atoms in total. The summed E-state index contributed by atoms with van der Waals surface area (Å²) in [6, 6.07) is 5.79. The van der Waals surface area contributed by atoms with Crippen LogP contribution in [0.5, 0.6) is 5.75 Å². The van der Waals surface area contributed by atoms with E-state index in [0.29, 0.717) is 5.75 Å². The van der Waals surface area contributed by atoms with Gasteiger partial charge in [0.15, 0.2) is 0 Å². The Morgan fingerprint density at radius 2 is 2.00 bits per heavy atom. The summed E-state index contributed by atoms with van der Waals surface area (Å²) in [5.74, 6) is 0.703. The van der Waals surface area contributed by atoms with Crippen LogP contribution in [0.25, 0.3) is 0 Å². The fourth-order valence-electron chi connectivity index (χ4n) is 2.50. The van der Waals surface area contributed by atoms with Gasteiger partial charge >= 0.3 is 0 Å². The van der Waals surface area contributed by atoms with Crippen LogP contribution in [0.2, 0.25) is 0 Å². The third-order valence-electron chi connectivity index (χ3n) is 3.58. The predicted octanol–water partition coefficient (Wildman–Crippen LogP) is 2.56. The lowest BCUT2D eigenvalue weighted by atomic mass is 10.1. The number of benzene rings is 1. The second-order valence-corrected chi connectivity index (χ2v) is 5.13. The van der Waals surface area contributed by atoms with Crippen molar-refractivity contribution in [2.24, 2.45) is 0 Å². The Morgan fingerprint density at radius 1 is 1.22 bits per heavy atom. The minimum atomic E-state index is -0.389. The van der Waals surface area contributed by atoms with Crippen molar-refractivity contribution in [1.29, 1.82) is 0 Å². The highest BCUT2D eigenvalue weighted by molar-refractivity contribution is 5.36. The van der Waals surface area contributed by atoms with Crippen molar-refractivity contribution in [3.63, 3.8) is 0 Å². The minimum Gasteiger partial charge on any atom is -0.487 e. The normalized spacial score (nSPS) is 24.6. The van der Waals surface area contributed by atoms with Crippen LogP contribution in [0, 0.1) is 6.92 Å². The van der Waals surface area contributed by atoms with Crippen molar-refractivity contribution in [3.05, 3.63) is 29.3 Å². The lowest BCUT2D eigenvalue weighted by molar-refractivity contribution is 0.0307. The van der Waals surface area contributed by atoms with Crippen molar-refractivity contribution >= 4 is 0 Å². The van der Waals surface area contributed by atoms with Gasteiger partial charge in [0.2, 0.25) is 0 Å². The maximum atomic E-state index is 10.0. The van der Waals surface area contributed by atoms with Crippen LogP contribution in [0.1, 0.15) is 43.2 Å². The Hall–Kier alpha value is -1.06. The molecular weight excluding hydrogens is 228 g/mol. The highest BCUT2D eigenvalue weighted by Crippen LogP contribution is 2.26. The fourth-order valence-corrected chi connectivity index (χ4v) is 2.50. The van der Waals surface area contributed by atoms with Gasteiger partial charge in [0.1, 0.15) is 11.9 Å². The van der Waals surface area contributed by atoms with Gasteiger partial charge in [0.25, 0.3) is 0 Å². The van der Waals surface area contributed by atoms with Crippen LogP contribution in [0.3, 0.4) is 0 Å². The van der Waals surface area contributed by atoms with Crippen LogP contribution in [0.4, 0.5) is 0 Å². The van der Waals surface area contributed by atoms with E-state index in [9.17, 15) is 10.2 Å². The topological polar surface area (TPSA) is 49.7 Å². The number of rotatable bonds is 3. The fraction of sp³-hybridized carbons (Fsp3) is 0.600. The second-order valence-electron chi connectivity index (χ2n) is 5.13. The van der Waals surface area contributed by atoms with Crippen LogP contribution >= 0.6 is 0 Å². The molecule has 1 fully saturated rings. The van der Waals surface area contributed by atoms with Crippen molar-refractivity contribution in [3.8, 4) is 5.75 Å². The van der Waals surface area contributed by atoms with Crippen LogP contribution < -0.4 is 4.74 Å². The molecule has 0 heterocycles. The highest BCUT2D eigenvalue weighted by atomic mass is 16.5. The average Bonchev–Trinajstić information content (AvgIpc) is 2.57. The molecule has 1 aliphatic carbocycles. The predicted molar refractivity (Wildman–Crippen MR) is 70.6 cm³/mol. The zero-order chi connectivity index (χ0) is 13.0. The van der Waals surface area contributed by atoms with E-state index in [1.54, 1.807) is 0 Å². The Labute approximate surface area is 108 Å². The molecule has 0 aliphatic heterocycles. The van der Waals surface area contributed by atoms with Gasteiger partial charge < -0.3 is 14.9 Å². The van der Waals surface area contributed by atoms with Crippen LogP contribution in [-0.4, -0.2) is 22.4 Å². The van der Waals surface area contributed by atoms with Crippen molar-refractivity contribution in [1.82, 2.24) is 0 Å². The summed E-state index contributed by atoms with van der Waals surface area (Å²) < 4.78 is 5.91. The van der Waals surface area contributed by atoms with E-state index in [2.05, 4.69) is 0 Å². The molecule has 0 bridgehead atoms. The number of aliphatic hydroxyl groups excluding tert-OH is 2. The molecule has 3 heteroatoms. The Balaban J connectivity index is 2.12. The van der Waals surface area contributed by atoms with Crippen molar-refractivity contribution in [2.75, 3.05) is 0 Å². The molecule has 1 aliphatic rings. The van der Waals surface area contributed by atoms with Gasteiger partial charge in [-0.15, -0.1) is 0 Å². The third kappa shape index (κ3) is 3.24. The highest BCUT2D eigenvalue weighted by Gasteiger charge is 2.23. The number of hydrogen-bond donors (Lipinski definition) is 2. The first-order valence-electron chi connectivity index (χ1n) is 6.76. The first kappa shape index (κ1) is 13.4. The molecule has 2 atom stereocenters. The minimum absolute atomic E-state index is 0.0279. The number of hydrogen-bond acceptors (Lipinski definition) is 3. The SMILES string of the molecule is Cc1ccc(OC2CCCCCC2O)c(CO)c1. The van der Waals surface area contributed by atoms with Gasteiger partial charge in [-0.3, -0.25) is 0 Å². The summed E-state index contributed by atoms with van der Waals surface area (Å²) in [5.41, 5.74) is 1.90. The van der Waals surface area contributed by atoms with E-state index >= 15 is 0 Å². The molecule has 1 saturated carbocycles. The summed E-state index contributed by atoms with van der Waals surface area (Å²) in [4.78, 5) is 0. The van der Waals surface area contributed by atoms with E-state index in [4.69, 9.17) is 4.74 Å². The Bertz CT molecular complexity index is 389. The molecule has 2 rings (SSSR count). The van der Waals surface area contributed by atoms with Gasteiger partial charge in [-0.25, -0.2) is 0 Å². The smallest absolute Gasteiger partial charge is 0.125 e. The summed E-state index contributed by atoms with van der Waals surface area (Å²) in [7, 11) is 0. The van der Waals surface area contributed by atoms with Crippen LogP contribution in [0.15, 0.2) is 18.2 Å². The maximum absolute atomic E-state index is 10.0. The molecule has 100 valence electrons. The van der Waals surface area contributed by atoms with Crippen molar-refractivity contribution < 1.29 is 14.9 Å². The lowest BCUT2D eigenvalue weighted by Gasteiger charge is -2.23. The number of ether oxygens (including phenoxy) is 1. The largest absolute Gasteiger partial charge is 0.487 e. The zero-order valence-corrected chi connectivity index (χ0v) is 10.9. The quantitative estimate of drug-likeness (QED) is 0.811. The van der Waals surface area contributed by atoms with Gasteiger partial charge in [-0.05, 0) is 32.3 Å². The molecule has 2 N–H and O–H groups in total. The van der Waals surface area contributed by atoms with E-state index in [0.717, 1.165) is 43.2 Å². The molecule has 0 spiro atoms. The number of aliphatic hydroxyl groups is 2. The molecule has 0 radical (unpaired) electrons. The molecular formula is C15H22O3. The van der Waals surface area contributed by atoms with Gasteiger partial charge in [0.05, 0.1) is 12.7 Å². The first-order valence-corrected chi connectivity index (χ1v) is 6.76. The van der Waals surface area contributed by atoms with Gasteiger partial charge in [-0.2, -0.15) is 0 Å². The van der Waals surface area contributed by atoms with Gasteiger partial charge in [0, 0.05) is 5.56 Å². The van der Waals surface area contributed by atoms with E-state index in [-0.39, 0.29) is 18.8 Å². The summed E-state index contributed by atoms with van der Waals surface area (Å²) in [6.45, 7) is 1.96. The molecule has 1 aromatic carbocycles. The maximum Gasteiger partial charge on any atom is 0.125 e. The van der Waals surface area contributed by atoms with E-state index in [1.165, 1.54) is 0 Å². The molecule has 0 saturated heterocycles. The standard InChI is InChI=1S/C15H22O3/c1-11-7-8-14(12(9-11)10-16)18-15-6-4-2-3-5-13(15)17/h7-9,13,15-17H,2-6,10H2,1H3. The van der Waals surface area contributed by atoms with Crippen LogP contribution in [-0.2, 0) is 6.61 Å². The number of aryl methyl sites for hydroxylation is 1. The lowest BCUT2D eigenvalue weighted by Crippen LogP contribution is -2.30. The zero-order valence-electron chi connectivity index (χ0n) is 10.9. The first-order chi connectivity index (χ1) is 8.70. The molecule has 2 unspecified atom stereocenters. The molecule has 0 amide bonds. The van der Waals surface area contributed by atoms with E-state index in [1.807, 2.05) is 25.1 Å². The summed E-state index contributed by atoms with van der Waals surface area (Å²) in [5, 5.41) is 19.4. The average molecular weight is 250 g/mol. The molecule has 1 aromatic rings.